The van der Waals surface area contributed by atoms with Crippen LogP contribution in [0.15, 0.2) is 69.6 Å². The first-order valence-corrected chi connectivity index (χ1v) is 22.7. The van der Waals surface area contributed by atoms with Crippen molar-refractivity contribution in [2.45, 2.75) is 81.9 Å². The fraction of sp³-hybridized carbons (Fsp3) is 0.476. The van der Waals surface area contributed by atoms with Crippen molar-refractivity contribution < 1.29 is 59.1 Å². The van der Waals surface area contributed by atoms with Crippen LogP contribution in [0.3, 0.4) is 0 Å². The summed E-state index contributed by atoms with van der Waals surface area (Å²) in [6.45, 7) is 10.4. The molecule has 0 bridgehead atoms. The Hall–Kier alpha value is -4.72. The van der Waals surface area contributed by atoms with Gasteiger partial charge in [-0.15, -0.1) is 5.06 Å². The van der Waals surface area contributed by atoms with E-state index in [0.717, 1.165) is 22.2 Å². The molecular formula is C42H54N3O13S2+. The van der Waals surface area contributed by atoms with E-state index < -0.39 is 49.2 Å². The molecule has 2 N–H and O–H groups in total. The summed E-state index contributed by atoms with van der Waals surface area (Å²) in [6, 6.07) is 12.1. The predicted octanol–water partition coefficient (Wildman–Crippen LogP) is 4.72. The van der Waals surface area contributed by atoms with Crippen LogP contribution in [0.2, 0.25) is 0 Å². The first-order chi connectivity index (χ1) is 28.2. The van der Waals surface area contributed by atoms with Gasteiger partial charge in [-0.1, -0.05) is 32.9 Å². The highest BCUT2D eigenvalue weighted by Gasteiger charge is 2.44. The number of ether oxygens (including phenoxy) is 2. The topological polar surface area (TPSA) is 210 Å². The van der Waals surface area contributed by atoms with E-state index in [1.165, 1.54) is 18.2 Å². The zero-order valence-corrected chi connectivity index (χ0v) is 36.4. The maximum atomic E-state index is 12.8. The summed E-state index contributed by atoms with van der Waals surface area (Å²) in [5.41, 5.74) is 1.90. The second kappa shape index (κ2) is 18.9. The van der Waals surface area contributed by atoms with Gasteiger partial charge in [0, 0.05) is 73.9 Å². The molecule has 0 radical (unpaired) electrons. The molecule has 3 heterocycles. The SMILES string of the molecule is COCC[N+](CCOC)=c1ccc2c(/C=C/C=C3\N(CCCS(=O)(=O)O)c4ccc(S(=O)(=O)O)cc4C3(C)CCCC(=O)ON3C(=O)CCC3=O)cc(C(C)(C)C)oc-2c1. The van der Waals surface area contributed by atoms with Crippen molar-refractivity contribution in [3.63, 3.8) is 0 Å². The van der Waals surface area contributed by atoms with Crippen LogP contribution in [0.25, 0.3) is 17.4 Å². The van der Waals surface area contributed by atoms with Crippen LogP contribution in [0.1, 0.15) is 83.1 Å². The van der Waals surface area contributed by atoms with Crippen molar-refractivity contribution >= 4 is 49.8 Å². The number of benzene rings is 2. The van der Waals surface area contributed by atoms with Gasteiger partial charge < -0.3 is 23.6 Å². The number of fused-ring (bicyclic) bond motifs is 2. The molecule has 1 unspecified atom stereocenters. The van der Waals surface area contributed by atoms with Gasteiger partial charge in [-0.25, -0.2) is 9.37 Å². The molecule has 60 heavy (non-hydrogen) atoms. The molecule has 18 heteroatoms. The van der Waals surface area contributed by atoms with Gasteiger partial charge in [0.2, 0.25) is 5.36 Å². The molecule has 3 aliphatic heterocycles. The first kappa shape index (κ1) is 46.3. The minimum atomic E-state index is -4.64. The number of methoxy groups -OCH3 is 2. The molecule has 326 valence electrons. The summed E-state index contributed by atoms with van der Waals surface area (Å²) >= 11 is 0. The number of nitrogens with zero attached hydrogens (tertiary/aromatic N) is 3. The number of carbonyl (C=O) groups is 3. The lowest BCUT2D eigenvalue weighted by molar-refractivity contribution is -0.197. The lowest BCUT2D eigenvalue weighted by Gasteiger charge is -2.30. The Bertz CT molecular complexity index is 2410. The monoisotopic (exact) mass is 872 g/mol. The van der Waals surface area contributed by atoms with E-state index in [1.54, 1.807) is 14.2 Å². The Morgan fingerprint density at radius 3 is 2.22 bits per heavy atom. The minimum absolute atomic E-state index is 0.00750. The average molecular weight is 873 g/mol. The molecule has 1 aliphatic carbocycles. The third-order valence-corrected chi connectivity index (χ3v) is 12.2. The number of hydrogen-bond donors (Lipinski definition) is 2. The second-order valence-corrected chi connectivity index (χ2v) is 19.0. The van der Waals surface area contributed by atoms with Gasteiger partial charge in [0.1, 0.15) is 24.7 Å². The molecule has 0 aromatic heterocycles. The third-order valence-electron chi connectivity index (χ3n) is 10.6. The number of amides is 2. The highest BCUT2D eigenvalue weighted by molar-refractivity contribution is 7.86. The van der Waals surface area contributed by atoms with E-state index in [2.05, 4.69) is 4.58 Å². The van der Waals surface area contributed by atoms with E-state index in [9.17, 15) is 40.3 Å². The number of rotatable bonds is 18. The number of hydrogen-bond acceptors (Lipinski definition) is 12. The van der Waals surface area contributed by atoms with E-state index in [0.29, 0.717) is 54.1 Å². The second-order valence-electron chi connectivity index (χ2n) is 16.1. The van der Waals surface area contributed by atoms with Gasteiger partial charge in [0.05, 0.1) is 16.7 Å². The predicted molar refractivity (Wildman–Crippen MR) is 223 cm³/mol. The lowest BCUT2D eigenvalue weighted by Crippen LogP contribution is -2.35. The molecule has 1 atom stereocenters. The number of hydroxylamine groups is 2. The minimum Gasteiger partial charge on any atom is -0.460 e. The van der Waals surface area contributed by atoms with Crippen molar-refractivity contribution in [1.29, 1.82) is 0 Å². The van der Waals surface area contributed by atoms with Crippen molar-refractivity contribution in [1.82, 2.24) is 9.64 Å². The van der Waals surface area contributed by atoms with E-state index in [1.807, 2.05) is 75.1 Å². The Morgan fingerprint density at radius 2 is 1.62 bits per heavy atom. The number of allylic oxidation sites excluding steroid dienone is 3. The zero-order valence-electron chi connectivity index (χ0n) is 34.8. The fourth-order valence-corrected chi connectivity index (χ4v) is 8.41. The largest absolute Gasteiger partial charge is 0.460 e. The Kier molecular flexibility index (Phi) is 14.6. The Labute approximate surface area is 350 Å². The smallest absolute Gasteiger partial charge is 0.333 e. The highest BCUT2D eigenvalue weighted by Crippen LogP contribution is 2.51. The van der Waals surface area contributed by atoms with Crippen molar-refractivity contribution in [2.24, 2.45) is 0 Å². The maximum Gasteiger partial charge on any atom is 0.333 e. The molecule has 1 saturated heterocycles. The summed E-state index contributed by atoms with van der Waals surface area (Å²) in [4.78, 5) is 43.5. The van der Waals surface area contributed by atoms with Crippen LogP contribution >= 0.6 is 0 Å². The lowest BCUT2D eigenvalue weighted by atomic mass is 9.77. The van der Waals surface area contributed by atoms with Gasteiger partial charge in [0.15, 0.2) is 13.1 Å². The standard InChI is InChI=1S/C42H53N3O13S2/c1-41(2,3)37-26-29(32-15-13-30(27-35(32)57-37)43(21-23-55-5)22-24-56-6)10-7-11-36-42(4,19-8-12-40(48)58-45-38(46)17-18-39(45)47)33-28-31(60(52,53)54)14-16-34(33)44(36)20-9-25-59(49,50)51/h7,10-11,13-16,26-28H,8-9,12,17-25H2,1-6H3,(H-,49,50,51,52,53,54)/p+1. The van der Waals surface area contributed by atoms with E-state index >= 15 is 0 Å². The summed E-state index contributed by atoms with van der Waals surface area (Å²) in [6.07, 6.45) is 5.65. The summed E-state index contributed by atoms with van der Waals surface area (Å²) < 4.78 is 87.3. The molecule has 0 spiro atoms. The van der Waals surface area contributed by atoms with Crippen molar-refractivity contribution in [3.8, 4) is 11.3 Å². The highest BCUT2D eigenvalue weighted by atomic mass is 32.2. The first-order valence-electron chi connectivity index (χ1n) is 19.6. The molecule has 0 saturated carbocycles. The molecule has 1 fully saturated rings. The van der Waals surface area contributed by atoms with E-state index in [4.69, 9.17) is 18.7 Å². The maximum absolute atomic E-state index is 12.8. The molecule has 1 aromatic rings. The summed E-state index contributed by atoms with van der Waals surface area (Å²) in [5.74, 6) is -1.18. The number of carbonyl (C=O) groups excluding carboxylic acids is 3. The van der Waals surface area contributed by atoms with Gasteiger partial charge in [-0.2, -0.15) is 16.8 Å². The fourth-order valence-electron chi connectivity index (χ4n) is 7.41. The average Bonchev–Trinajstić information content (AvgIpc) is 3.60. The quantitative estimate of drug-likeness (QED) is 0.101. The van der Waals surface area contributed by atoms with Crippen molar-refractivity contribution in [2.75, 3.05) is 57.7 Å². The van der Waals surface area contributed by atoms with E-state index in [-0.39, 0.29) is 55.4 Å². The van der Waals surface area contributed by atoms with Gasteiger partial charge in [0.25, 0.3) is 32.1 Å². The van der Waals surface area contributed by atoms with Gasteiger partial charge in [-0.3, -0.25) is 18.7 Å². The molecule has 4 aliphatic rings. The van der Waals surface area contributed by atoms with Crippen molar-refractivity contribution in [3.05, 3.63) is 82.6 Å². The third kappa shape index (κ3) is 11.2. The molecule has 1 aromatic carbocycles. The Morgan fingerprint density at radius 1 is 0.950 bits per heavy atom. The number of anilines is 1. The molecule has 16 nitrogen and oxygen atoms in total. The van der Waals surface area contributed by atoms with Crippen LogP contribution in [0.5, 0.6) is 0 Å². The van der Waals surface area contributed by atoms with Gasteiger partial charge >= 0.3 is 5.97 Å². The molecule has 5 rings (SSSR count). The van der Waals surface area contributed by atoms with Crippen LogP contribution in [-0.4, -0.2) is 102 Å². The van der Waals surface area contributed by atoms with Gasteiger partial charge in [-0.05, 0) is 73.7 Å². The summed E-state index contributed by atoms with van der Waals surface area (Å²) in [5, 5.41) is 1.40. The van der Waals surface area contributed by atoms with Crippen LogP contribution < -0.4 is 14.8 Å². The molecule has 2 amide bonds. The summed E-state index contributed by atoms with van der Waals surface area (Å²) in [7, 11) is -5.66. The molecular weight excluding hydrogens is 819 g/mol. The number of imide groups is 1. The van der Waals surface area contributed by atoms with Crippen LogP contribution in [0, 0.1) is 0 Å². The zero-order chi connectivity index (χ0) is 44.0. The normalized spacial score (nSPS) is 18.0. The Balaban J connectivity index is 1.61. The van der Waals surface area contributed by atoms with Crippen LogP contribution in [0.4, 0.5) is 5.69 Å². The van der Waals surface area contributed by atoms with Crippen LogP contribution in [-0.2, 0) is 59.8 Å².